The third-order valence-electron chi connectivity index (χ3n) is 28.8. The van der Waals surface area contributed by atoms with Gasteiger partial charge in [0.2, 0.25) is 0 Å². The van der Waals surface area contributed by atoms with Gasteiger partial charge in [-0.1, -0.05) is 163 Å². The van der Waals surface area contributed by atoms with Crippen LogP contribution in [0.2, 0.25) is 0 Å². The number of Topliss-reactive ketones (excluding diaryl/α,β-unsaturated/α-hetero) is 2. The average molecular weight is 1680 g/mol. The molecule has 678 valence electrons. The summed E-state index contributed by atoms with van der Waals surface area (Å²) < 4.78 is 10.9. The Morgan fingerprint density at radius 2 is 0.476 bits per heavy atom. The van der Waals surface area contributed by atoms with E-state index in [2.05, 4.69) is 270 Å². The largest absolute Gasteiger partial charge is 0.462 e. The maximum atomic E-state index is 12.0. The SMILES string of the molecule is C=C(C)C(=O)OCc1c(C)c(C)c(C#Cc2c(C)c(C)c(C3CCC(COC(=O)C(=C)C)CC3)c(C)c2C)c(C)c1C.C=C(C)C(C)=O.C=C(C)C(C)=O.CC.CC.CCC1CCC(C)CC1.CCc1c(C)c(C)c(C#Cc2c(C)c(C)c(C)c(C)c2C)c(C)c1C.CCc1c(C)c(C)c(C#Cc2c(C)c(C)c(C3CCC(CC)CC3)c(C)c2C)c(C)c1C. The van der Waals surface area contributed by atoms with E-state index >= 15 is 0 Å². The topological polar surface area (TPSA) is 86.7 Å². The Balaban J connectivity index is 0.000000562. The molecule has 6 heteroatoms. The second kappa shape index (κ2) is 52.4. The minimum absolute atomic E-state index is 0.0648. The van der Waals surface area contributed by atoms with Crippen LogP contribution in [0.15, 0.2) is 48.6 Å². The van der Waals surface area contributed by atoms with E-state index in [-0.39, 0.29) is 30.1 Å². The molecule has 3 aliphatic rings. The predicted molar refractivity (Wildman–Crippen MR) is 539 cm³/mol. The van der Waals surface area contributed by atoms with Gasteiger partial charge in [-0.2, -0.15) is 0 Å². The summed E-state index contributed by atoms with van der Waals surface area (Å²) >= 11 is 0. The fraction of sp³-hybridized carbons (Fsp3) is 0.542. The summed E-state index contributed by atoms with van der Waals surface area (Å²) in [5, 5.41) is 0. The molecule has 124 heavy (non-hydrogen) atoms. The second-order valence-corrected chi connectivity index (χ2v) is 36.4. The molecule has 0 atom stereocenters. The van der Waals surface area contributed by atoms with Crippen LogP contribution in [0, 0.1) is 232 Å². The van der Waals surface area contributed by atoms with Gasteiger partial charge in [-0.25, -0.2) is 9.59 Å². The number of benzene rings is 6. The predicted octanol–water partition coefficient (Wildman–Crippen LogP) is 31.4. The number of ketones is 2. The normalized spacial score (nSPS) is 15.9. The molecule has 9 rings (SSSR count). The van der Waals surface area contributed by atoms with Gasteiger partial charge in [0.15, 0.2) is 11.6 Å². The van der Waals surface area contributed by atoms with Crippen LogP contribution < -0.4 is 0 Å². The van der Waals surface area contributed by atoms with Gasteiger partial charge < -0.3 is 9.47 Å². The van der Waals surface area contributed by atoms with Crippen LogP contribution in [-0.4, -0.2) is 30.1 Å². The number of hydrogen-bond acceptors (Lipinski definition) is 6. The molecule has 3 fully saturated rings. The highest BCUT2D eigenvalue weighted by Crippen LogP contribution is 2.44. The van der Waals surface area contributed by atoms with Crippen molar-refractivity contribution in [2.75, 3.05) is 6.61 Å². The van der Waals surface area contributed by atoms with Gasteiger partial charge in [-0.05, 0) is 492 Å². The summed E-state index contributed by atoms with van der Waals surface area (Å²) in [6, 6.07) is 0. The third kappa shape index (κ3) is 28.9. The number of hydrogen-bond donors (Lipinski definition) is 0. The van der Waals surface area contributed by atoms with Crippen molar-refractivity contribution in [1.82, 2.24) is 0 Å². The molecule has 0 bridgehead atoms. The van der Waals surface area contributed by atoms with E-state index in [0.29, 0.717) is 40.7 Å². The summed E-state index contributed by atoms with van der Waals surface area (Å²) in [4.78, 5) is 43.9. The molecule has 3 saturated carbocycles. The highest BCUT2D eigenvalue weighted by Gasteiger charge is 2.30. The van der Waals surface area contributed by atoms with Crippen molar-refractivity contribution in [3.05, 3.63) is 249 Å². The quantitative estimate of drug-likeness (QED) is 0.0613. The van der Waals surface area contributed by atoms with E-state index in [1.807, 2.05) is 27.7 Å². The molecule has 0 aromatic heterocycles. The Hall–Kier alpha value is -8.76. The summed E-state index contributed by atoms with van der Waals surface area (Å²) in [6.45, 7) is 99.7. The van der Waals surface area contributed by atoms with Crippen LogP contribution in [0.5, 0.6) is 0 Å². The van der Waals surface area contributed by atoms with E-state index < -0.39 is 0 Å². The van der Waals surface area contributed by atoms with Gasteiger partial charge in [-0.3, -0.25) is 9.59 Å². The minimum Gasteiger partial charge on any atom is -0.462 e. The highest BCUT2D eigenvalue weighted by atomic mass is 16.5. The lowest BCUT2D eigenvalue weighted by molar-refractivity contribution is -0.141. The molecule has 6 nitrogen and oxygen atoms in total. The van der Waals surface area contributed by atoms with Gasteiger partial charge in [-0.15, -0.1) is 0 Å². The molecular weight excluding hydrogens is 1510 g/mol. The molecule has 0 heterocycles. The molecule has 0 spiro atoms. The Labute approximate surface area is 760 Å². The van der Waals surface area contributed by atoms with E-state index in [9.17, 15) is 19.2 Å². The lowest BCUT2D eigenvalue weighted by Gasteiger charge is -2.32. The summed E-state index contributed by atoms with van der Waals surface area (Å²) in [5.74, 6) is 25.6. The molecule has 0 amide bonds. The average Bonchev–Trinajstić information content (AvgIpc) is 0.798. The Morgan fingerprint density at radius 1 is 0.274 bits per heavy atom. The van der Waals surface area contributed by atoms with E-state index in [1.165, 1.54) is 234 Å². The van der Waals surface area contributed by atoms with Crippen molar-refractivity contribution in [3.63, 3.8) is 0 Å². The molecule has 6 aromatic carbocycles. The minimum atomic E-state index is -0.370. The van der Waals surface area contributed by atoms with E-state index in [4.69, 9.17) is 9.47 Å². The van der Waals surface area contributed by atoms with Gasteiger partial charge in [0, 0.05) is 44.5 Å². The molecule has 3 aliphatic carbocycles. The summed E-state index contributed by atoms with van der Waals surface area (Å²) in [6.07, 6.45) is 20.7. The Kier molecular flexibility index (Phi) is 47.0. The third-order valence-corrected chi connectivity index (χ3v) is 28.8. The molecule has 6 aromatic rings. The number of carbonyl (C=O) groups is 4. The van der Waals surface area contributed by atoms with Crippen molar-refractivity contribution in [3.8, 4) is 35.5 Å². The molecule has 0 N–H and O–H groups in total. The van der Waals surface area contributed by atoms with Crippen molar-refractivity contribution in [2.45, 2.75) is 398 Å². The lowest BCUT2D eigenvalue weighted by atomic mass is 9.73. The van der Waals surface area contributed by atoms with Crippen molar-refractivity contribution >= 4 is 23.5 Å². The first-order valence-corrected chi connectivity index (χ1v) is 47.1. The highest BCUT2D eigenvalue weighted by molar-refractivity contribution is 5.92. The Morgan fingerprint density at radius 3 is 0.702 bits per heavy atom. The fourth-order valence-corrected chi connectivity index (χ4v) is 18.1. The van der Waals surface area contributed by atoms with Crippen molar-refractivity contribution < 1.29 is 28.7 Å². The van der Waals surface area contributed by atoms with Crippen LogP contribution in [-0.2, 0) is 48.1 Å². The van der Waals surface area contributed by atoms with Crippen LogP contribution in [0.3, 0.4) is 0 Å². The zero-order valence-corrected chi connectivity index (χ0v) is 86.5. The Bertz CT molecular complexity index is 4810. The van der Waals surface area contributed by atoms with Gasteiger partial charge in [0.05, 0.1) is 6.61 Å². The maximum absolute atomic E-state index is 12.0. The fourth-order valence-electron chi connectivity index (χ4n) is 18.1. The summed E-state index contributed by atoms with van der Waals surface area (Å²) in [5.41, 5.74) is 49.5. The van der Waals surface area contributed by atoms with Gasteiger partial charge in [0.25, 0.3) is 0 Å². The van der Waals surface area contributed by atoms with Crippen LogP contribution in [0.4, 0.5) is 0 Å². The van der Waals surface area contributed by atoms with Crippen LogP contribution in [0.25, 0.3) is 0 Å². The molecule has 0 radical (unpaired) electrons. The smallest absolute Gasteiger partial charge is 0.333 e. The van der Waals surface area contributed by atoms with Gasteiger partial charge >= 0.3 is 11.9 Å². The maximum Gasteiger partial charge on any atom is 0.333 e. The van der Waals surface area contributed by atoms with Crippen LogP contribution >= 0.6 is 0 Å². The lowest BCUT2D eigenvalue weighted by Crippen LogP contribution is -2.21. The molecular formula is C118H170O6. The first-order valence-electron chi connectivity index (χ1n) is 47.1. The first-order chi connectivity index (χ1) is 58.0. The summed E-state index contributed by atoms with van der Waals surface area (Å²) in [7, 11) is 0. The first kappa shape index (κ1) is 111. The molecule has 0 saturated heterocycles. The number of rotatable bonds is 14. The van der Waals surface area contributed by atoms with Gasteiger partial charge in [0.1, 0.15) is 6.61 Å². The molecule has 0 aliphatic heterocycles. The van der Waals surface area contributed by atoms with Crippen LogP contribution in [0.1, 0.15) is 406 Å². The number of carbonyl (C=O) groups excluding carboxylic acids is 4. The number of allylic oxidation sites excluding steroid dienone is 2. The van der Waals surface area contributed by atoms with Crippen molar-refractivity contribution in [2.24, 2.45) is 23.7 Å². The number of ether oxygens (including phenoxy) is 2. The number of esters is 2. The standard InChI is InChI=1S/C38H48O4.C32H44.C25H32.C9H18.2C5H8O.2C2H6/c1-21(2)37(39)41-19-31-13-15-32(16-14-31)36-29(11)27(9)34(28(10)30(36)12)18-17-33-23(5)25(7)35(26(8)24(33)6)20-42-38(40)22(3)4;1-11-27-13-15-28(16-14-27)32-25(9)23(7)31(24(8)26(32)10)18-17-30-21(5)19(3)29(12-2)20(4)22(30)6;1-11-23-19(7)21(9)25(22(10)20(23)8)13-12-24-17(5)15(3)14(2)16(4)18(24)6;1-3-9-6-4-8(2)5-7-9;2*1-4(2)5(3)6;2*1-2/h31-32H,1,3,13-16,19-20H2,2,4-12H3;27-28H,11-16H2,1-10H3;11H2,1-10H3;8-9H,3-7H2,1-2H3;2*1H2,2-3H3;2*1-2H3. The van der Waals surface area contributed by atoms with E-state index in [1.54, 1.807) is 33.3 Å². The monoisotopic (exact) mass is 1680 g/mol. The zero-order valence-electron chi connectivity index (χ0n) is 86.5. The van der Waals surface area contributed by atoms with E-state index in [0.717, 1.165) is 101 Å². The zero-order chi connectivity index (χ0) is 95.3. The second-order valence-electron chi connectivity index (χ2n) is 36.4. The molecule has 0 unspecified atom stereocenters. The van der Waals surface area contributed by atoms with Crippen molar-refractivity contribution in [1.29, 1.82) is 0 Å².